The number of esters is 1. The van der Waals surface area contributed by atoms with E-state index in [-0.39, 0.29) is 11.6 Å². The van der Waals surface area contributed by atoms with Gasteiger partial charge in [0.15, 0.2) is 6.10 Å². The molecule has 0 aliphatic rings. The number of aryl methyl sites for hydroxylation is 1. The molecule has 0 amide bonds. The molecule has 1 aromatic rings. The summed E-state index contributed by atoms with van der Waals surface area (Å²) in [4.78, 5) is 11.4. The Morgan fingerprint density at radius 1 is 1.53 bits per heavy atom. The Labute approximate surface area is 105 Å². The highest BCUT2D eigenvalue weighted by Gasteiger charge is 2.23. The van der Waals surface area contributed by atoms with Crippen LogP contribution in [0.4, 0.5) is 0 Å². The van der Waals surface area contributed by atoms with Crippen LogP contribution in [0.2, 0.25) is 5.02 Å². The summed E-state index contributed by atoms with van der Waals surface area (Å²) < 4.78 is 9.80. The molecular formula is C12H15ClO4. The lowest BCUT2D eigenvalue weighted by molar-refractivity contribution is -0.153. The summed E-state index contributed by atoms with van der Waals surface area (Å²) in [5.41, 5.74) is 1.13. The maximum Gasteiger partial charge on any atom is 0.339 e. The smallest absolute Gasteiger partial charge is 0.339 e. The zero-order chi connectivity index (χ0) is 13.0. The van der Waals surface area contributed by atoms with Gasteiger partial charge in [-0.15, -0.1) is 0 Å². The van der Waals surface area contributed by atoms with Gasteiger partial charge in [0.1, 0.15) is 5.75 Å². The average Bonchev–Trinajstić information content (AvgIpc) is 2.31. The van der Waals surface area contributed by atoms with Gasteiger partial charge in [-0.1, -0.05) is 17.7 Å². The maximum atomic E-state index is 11.4. The van der Waals surface area contributed by atoms with Crippen molar-refractivity contribution in [2.45, 2.75) is 20.0 Å². The Kier molecular flexibility index (Phi) is 4.78. The van der Waals surface area contributed by atoms with Crippen molar-refractivity contribution in [2.24, 2.45) is 0 Å². The van der Waals surface area contributed by atoms with Crippen LogP contribution in [-0.2, 0) is 9.53 Å². The second kappa shape index (κ2) is 5.89. The number of halogens is 1. The molecule has 94 valence electrons. The normalized spacial score (nSPS) is 12.1. The molecule has 0 radical (unpaired) electrons. The molecule has 0 aromatic heterocycles. The van der Waals surface area contributed by atoms with Gasteiger partial charge in [-0.25, -0.2) is 4.79 Å². The summed E-state index contributed by atoms with van der Waals surface area (Å²) in [5, 5.41) is 10.1. The van der Waals surface area contributed by atoms with Crippen LogP contribution >= 0.6 is 11.6 Å². The summed E-state index contributed by atoms with van der Waals surface area (Å²) in [6.07, 6.45) is -1.39. The van der Waals surface area contributed by atoms with Crippen LogP contribution in [0.3, 0.4) is 0 Å². The van der Waals surface area contributed by atoms with E-state index in [0.717, 1.165) is 5.56 Å². The van der Waals surface area contributed by atoms with E-state index in [0.29, 0.717) is 11.3 Å². The summed E-state index contributed by atoms with van der Waals surface area (Å²) in [6.45, 7) is 3.69. The Bertz CT molecular complexity index is 417. The van der Waals surface area contributed by atoms with Crippen molar-refractivity contribution in [1.82, 2.24) is 0 Å². The number of rotatable bonds is 4. The molecule has 0 fully saturated rings. The minimum Gasteiger partial charge on any atom is -0.495 e. The van der Waals surface area contributed by atoms with Crippen molar-refractivity contribution in [3.8, 4) is 5.75 Å². The standard InChI is InChI=1S/C12H15ClO4/c1-4-17-12(15)11(14)8-5-7(2)6-9(16-3)10(8)13/h5-6,11,14H,4H2,1-3H3. The highest BCUT2D eigenvalue weighted by atomic mass is 35.5. The van der Waals surface area contributed by atoms with Crippen LogP contribution in [-0.4, -0.2) is 24.8 Å². The third-order valence-electron chi connectivity index (χ3n) is 2.24. The van der Waals surface area contributed by atoms with Gasteiger partial charge in [0.25, 0.3) is 0 Å². The fourth-order valence-electron chi connectivity index (χ4n) is 1.46. The first-order valence-corrected chi connectivity index (χ1v) is 5.57. The summed E-state index contributed by atoms with van der Waals surface area (Å²) in [7, 11) is 1.47. The zero-order valence-corrected chi connectivity index (χ0v) is 10.7. The second-order valence-corrected chi connectivity index (χ2v) is 3.90. The number of aliphatic hydroxyl groups excluding tert-OH is 1. The molecule has 0 spiro atoms. The number of hydrogen-bond acceptors (Lipinski definition) is 4. The molecule has 1 rings (SSSR count). The van der Waals surface area contributed by atoms with Gasteiger partial charge in [-0.2, -0.15) is 0 Å². The molecule has 5 heteroatoms. The molecule has 1 unspecified atom stereocenters. The second-order valence-electron chi connectivity index (χ2n) is 3.52. The van der Waals surface area contributed by atoms with E-state index in [9.17, 15) is 9.90 Å². The molecule has 17 heavy (non-hydrogen) atoms. The van der Waals surface area contributed by atoms with Crippen molar-refractivity contribution in [3.05, 3.63) is 28.3 Å². The topological polar surface area (TPSA) is 55.8 Å². The Hall–Kier alpha value is -1.26. The largest absolute Gasteiger partial charge is 0.495 e. The molecule has 0 bridgehead atoms. The quantitative estimate of drug-likeness (QED) is 0.842. The van der Waals surface area contributed by atoms with Crippen molar-refractivity contribution in [3.63, 3.8) is 0 Å². The van der Waals surface area contributed by atoms with Crippen molar-refractivity contribution in [2.75, 3.05) is 13.7 Å². The number of carbonyl (C=O) groups excluding carboxylic acids is 1. The third kappa shape index (κ3) is 3.11. The molecule has 0 saturated heterocycles. The maximum absolute atomic E-state index is 11.4. The highest BCUT2D eigenvalue weighted by molar-refractivity contribution is 6.33. The molecule has 0 saturated carbocycles. The molecule has 1 aromatic carbocycles. The zero-order valence-electron chi connectivity index (χ0n) is 9.99. The SMILES string of the molecule is CCOC(=O)C(O)c1cc(C)cc(OC)c1Cl. The van der Waals surface area contributed by atoms with Crippen LogP contribution in [0.5, 0.6) is 5.75 Å². The fourth-order valence-corrected chi connectivity index (χ4v) is 1.75. The van der Waals surface area contributed by atoms with Gasteiger partial charge in [0, 0.05) is 5.56 Å². The molecular weight excluding hydrogens is 244 g/mol. The number of hydrogen-bond donors (Lipinski definition) is 1. The van der Waals surface area contributed by atoms with E-state index in [2.05, 4.69) is 0 Å². The number of carbonyl (C=O) groups is 1. The van der Waals surface area contributed by atoms with Gasteiger partial charge in [-0.3, -0.25) is 0 Å². The minimum absolute atomic E-state index is 0.205. The Morgan fingerprint density at radius 3 is 2.71 bits per heavy atom. The van der Waals surface area contributed by atoms with Gasteiger partial charge in [0.2, 0.25) is 0 Å². The van der Waals surface area contributed by atoms with Crippen molar-refractivity contribution >= 4 is 17.6 Å². The van der Waals surface area contributed by atoms with Crippen LogP contribution in [0.1, 0.15) is 24.2 Å². The van der Waals surface area contributed by atoms with E-state index in [4.69, 9.17) is 21.1 Å². The first kappa shape index (κ1) is 13.8. The predicted molar refractivity (Wildman–Crippen MR) is 64.3 cm³/mol. The molecule has 4 nitrogen and oxygen atoms in total. The van der Waals surface area contributed by atoms with Gasteiger partial charge in [-0.05, 0) is 25.5 Å². The van der Waals surface area contributed by atoms with Gasteiger partial charge in [0.05, 0.1) is 18.7 Å². The fraction of sp³-hybridized carbons (Fsp3) is 0.417. The van der Waals surface area contributed by atoms with E-state index in [1.165, 1.54) is 7.11 Å². The van der Waals surface area contributed by atoms with E-state index in [1.54, 1.807) is 19.1 Å². The van der Waals surface area contributed by atoms with Crippen molar-refractivity contribution in [1.29, 1.82) is 0 Å². The summed E-state index contributed by atoms with van der Waals surface area (Å²) in [6, 6.07) is 3.36. The number of aliphatic hydroxyl groups is 1. The van der Waals surface area contributed by atoms with Crippen LogP contribution in [0, 0.1) is 6.92 Å². The molecule has 0 aliphatic heterocycles. The lowest BCUT2D eigenvalue weighted by Crippen LogP contribution is -2.16. The lowest BCUT2D eigenvalue weighted by atomic mass is 10.1. The Balaban J connectivity index is 3.12. The van der Waals surface area contributed by atoms with Gasteiger partial charge < -0.3 is 14.6 Å². The first-order valence-electron chi connectivity index (χ1n) is 5.20. The number of ether oxygens (including phenoxy) is 2. The average molecular weight is 259 g/mol. The van der Waals surface area contributed by atoms with Crippen LogP contribution in [0.15, 0.2) is 12.1 Å². The van der Waals surface area contributed by atoms with Crippen LogP contribution < -0.4 is 4.74 Å². The third-order valence-corrected chi connectivity index (χ3v) is 2.64. The molecule has 1 atom stereocenters. The minimum atomic E-state index is -1.39. The van der Waals surface area contributed by atoms with E-state index in [1.807, 2.05) is 6.92 Å². The summed E-state index contributed by atoms with van der Waals surface area (Å²) in [5.74, 6) is -0.299. The molecule has 0 aliphatic carbocycles. The lowest BCUT2D eigenvalue weighted by Gasteiger charge is -2.14. The molecule has 0 heterocycles. The highest BCUT2D eigenvalue weighted by Crippen LogP contribution is 2.33. The van der Waals surface area contributed by atoms with E-state index < -0.39 is 12.1 Å². The number of benzene rings is 1. The van der Waals surface area contributed by atoms with E-state index >= 15 is 0 Å². The molecule has 1 N–H and O–H groups in total. The Morgan fingerprint density at radius 2 is 2.18 bits per heavy atom. The predicted octanol–water partition coefficient (Wildman–Crippen LogP) is 2.25. The monoisotopic (exact) mass is 258 g/mol. The van der Waals surface area contributed by atoms with Crippen LogP contribution in [0.25, 0.3) is 0 Å². The summed E-state index contributed by atoms with van der Waals surface area (Å²) >= 11 is 6.03. The van der Waals surface area contributed by atoms with Crippen molar-refractivity contribution < 1.29 is 19.4 Å². The first-order chi connectivity index (χ1) is 8.01. The number of methoxy groups -OCH3 is 1. The van der Waals surface area contributed by atoms with Gasteiger partial charge >= 0.3 is 5.97 Å².